The van der Waals surface area contributed by atoms with Crippen molar-refractivity contribution in [3.8, 4) is 0 Å². The average molecular weight is 350 g/mol. The second kappa shape index (κ2) is 6.55. The molecule has 0 atom stereocenters. The maximum Gasteiger partial charge on any atom is 0.329 e. The lowest BCUT2D eigenvalue weighted by Gasteiger charge is -2.37. The van der Waals surface area contributed by atoms with Gasteiger partial charge < -0.3 is 10.4 Å². The van der Waals surface area contributed by atoms with Crippen molar-refractivity contribution in [3.63, 3.8) is 0 Å². The molecule has 1 aromatic heterocycles. The topological polar surface area (TPSA) is 66.4 Å². The van der Waals surface area contributed by atoms with E-state index in [0.717, 1.165) is 30.6 Å². The van der Waals surface area contributed by atoms with Crippen molar-refractivity contribution < 1.29 is 14.7 Å². The summed E-state index contributed by atoms with van der Waals surface area (Å²) < 4.78 is 0.685. The fraction of sp³-hybridized carbons (Fsp3) is 0.571. The highest BCUT2D eigenvalue weighted by atomic mass is 35.5. The molecule has 1 saturated carbocycles. The molecule has 7 heteroatoms. The summed E-state index contributed by atoms with van der Waals surface area (Å²) in [6.07, 6.45) is 3.54. The number of thiophene rings is 1. The quantitative estimate of drug-likeness (QED) is 0.855. The van der Waals surface area contributed by atoms with Gasteiger partial charge in [0.15, 0.2) is 0 Å². The highest BCUT2D eigenvalue weighted by Gasteiger charge is 2.43. The maximum atomic E-state index is 12.3. The number of aliphatic carboxylic acids is 1. The summed E-state index contributed by atoms with van der Waals surface area (Å²) in [4.78, 5) is 24.0. The first kappa shape index (κ1) is 16.6. The molecule has 0 unspecified atom stereocenters. The summed E-state index contributed by atoms with van der Waals surface area (Å²) in [6, 6.07) is 1.47. The van der Waals surface area contributed by atoms with Crippen LogP contribution in [0.1, 0.15) is 49.4 Å². The number of rotatable bonds is 4. The van der Waals surface area contributed by atoms with E-state index >= 15 is 0 Å². The Morgan fingerprint density at radius 3 is 2.48 bits per heavy atom. The van der Waals surface area contributed by atoms with E-state index < -0.39 is 17.4 Å². The normalized spacial score (nSPS) is 25.6. The SMILES string of the molecule is CCC1CCC(NC(=O)c2cc(Cl)sc2Cl)(C(=O)O)CC1. The van der Waals surface area contributed by atoms with Gasteiger partial charge in [0, 0.05) is 0 Å². The van der Waals surface area contributed by atoms with Gasteiger partial charge in [0.25, 0.3) is 5.91 Å². The smallest absolute Gasteiger partial charge is 0.329 e. The molecule has 0 bridgehead atoms. The molecule has 2 rings (SSSR count). The van der Waals surface area contributed by atoms with Crippen molar-refractivity contribution in [1.82, 2.24) is 5.32 Å². The van der Waals surface area contributed by atoms with Crippen LogP contribution in [-0.2, 0) is 4.79 Å². The molecular formula is C14H17Cl2NO3S. The first-order valence-electron chi connectivity index (χ1n) is 6.88. The number of hydrogen-bond acceptors (Lipinski definition) is 3. The van der Waals surface area contributed by atoms with Crippen LogP contribution >= 0.6 is 34.5 Å². The molecule has 0 radical (unpaired) electrons. The lowest BCUT2D eigenvalue weighted by atomic mass is 9.75. The van der Waals surface area contributed by atoms with E-state index in [0.29, 0.717) is 23.1 Å². The van der Waals surface area contributed by atoms with Gasteiger partial charge in [-0.1, -0.05) is 36.5 Å². The van der Waals surface area contributed by atoms with E-state index in [-0.39, 0.29) is 9.90 Å². The number of halogens is 2. The second-order valence-corrected chi connectivity index (χ2v) is 7.72. The highest BCUT2D eigenvalue weighted by molar-refractivity contribution is 7.20. The Morgan fingerprint density at radius 1 is 1.43 bits per heavy atom. The molecule has 0 aliphatic heterocycles. The minimum Gasteiger partial charge on any atom is -0.480 e. The van der Waals surface area contributed by atoms with E-state index in [4.69, 9.17) is 23.2 Å². The van der Waals surface area contributed by atoms with Crippen LogP contribution in [0, 0.1) is 5.92 Å². The molecule has 21 heavy (non-hydrogen) atoms. The molecule has 0 saturated heterocycles. The number of carboxylic acids is 1. The number of hydrogen-bond donors (Lipinski definition) is 2. The van der Waals surface area contributed by atoms with E-state index in [9.17, 15) is 14.7 Å². The molecule has 1 fully saturated rings. The zero-order valence-corrected chi connectivity index (χ0v) is 13.9. The summed E-state index contributed by atoms with van der Waals surface area (Å²) >= 11 is 12.9. The summed E-state index contributed by atoms with van der Waals surface area (Å²) in [7, 11) is 0. The third kappa shape index (κ3) is 3.52. The van der Waals surface area contributed by atoms with Gasteiger partial charge >= 0.3 is 5.97 Å². The van der Waals surface area contributed by atoms with Gasteiger partial charge in [0.2, 0.25) is 0 Å². The van der Waals surface area contributed by atoms with Crippen LogP contribution in [0.3, 0.4) is 0 Å². The van der Waals surface area contributed by atoms with Gasteiger partial charge in [-0.25, -0.2) is 4.79 Å². The molecule has 1 aliphatic carbocycles. The third-order valence-corrected chi connectivity index (χ3v) is 5.69. The van der Waals surface area contributed by atoms with Crippen LogP contribution in [0.15, 0.2) is 6.07 Å². The van der Waals surface area contributed by atoms with Crippen LogP contribution in [0.4, 0.5) is 0 Å². The van der Waals surface area contributed by atoms with E-state index in [1.165, 1.54) is 6.07 Å². The molecular weight excluding hydrogens is 333 g/mol. The van der Waals surface area contributed by atoms with E-state index in [1.54, 1.807) is 0 Å². The van der Waals surface area contributed by atoms with Crippen molar-refractivity contribution >= 4 is 46.4 Å². The molecule has 0 aromatic carbocycles. The Labute approximate surface area is 137 Å². The standard InChI is InChI=1S/C14H17Cl2NO3S/c1-2-8-3-5-14(6-4-8,13(19)20)17-12(18)9-7-10(15)21-11(9)16/h7-8H,2-6H2,1H3,(H,17,18)(H,19,20). The van der Waals surface area contributed by atoms with Gasteiger partial charge in [-0.05, 0) is 37.7 Å². The summed E-state index contributed by atoms with van der Waals surface area (Å²) in [5, 5.41) is 12.2. The molecule has 1 aliphatic rings. The lowest BCUT2D eigenvalue weighted by Crippen LogP contribution is -2.56. The zero-order valence-electron chi connectivity index (χ0n) is 11.6. The number of amides is 1. The van der Waals surface area contributed by atoms with Crippen molar-refractivity contribution in [2.75, 3.05) is 0 Å². The Balaban J connectivity index is 2.16. The molecule has 0 spiro atoms. The van der Waals surface area contributed by atoms with Crippen LogP contribution < -0.4 is 5.32 Å². The number of nitrogens with one attached hydrogen (secondary N) is 1. The summed E-state index contributed by atoms with van der Waals surface area (Å²) in [5.74, 6) is -0.920. The Bertz CT molecular complexity index is 550. The number of carboxylic acid groups (broad SMARTS) is 1. The van der Waals surface area contributed by atoms with E-state index in [2.05, 4.69) is 12.2 Å². The first-order valence-corrected chi connectivity index (χ1v) is 8.46. The van der Waals surface area contributed by atoms with Crippen LogP contribution in [0.2, 0.25) is 8.67 Å². The highest BCUT2D eigenvalue weighted by Crippen LogP contribution is 2.36. The Kier molecular flexibility index (Phi) is 5.17. The largest absolute Gasteiger partial charge is 0.480 e. The predicted octanol–water partition coefficient (Wildman–Crippen LogP) is 4.21. The van der Waals surface area contributed by atoms with Crippen molar-refractivity contribution in [2.45, 2.75) is 44.6 Å². The number of carbonyl (C=O) groups excluding carboxylic acids is 1. The molecule has 1 heterocycles. The Hall–Kier alpha value is -0.780. The monoisotopic (exact) mass is 349 g/mol. The van der Waals surface area contributed by atoms with Gasteiger partial charge in [-0.3, -0.25) is 4.79 Å². The molecule has 1 amide bonds. The Morgan fingerprint density at radius 2 is 2.05 bits per heavy atom. The molecule has 4 nitrogen and oxygen atoms in total. The molecule has 1 aromatic rings. The first-order chi connectivity index (χ1) is 9.88. The van der Waals surface area contributed by atoms with Gasteiger partial charge in [0.05, 0.1) is 9.90 Å². The fourth-order valence-electron chi connectivity index (χ4n) is 2.75. The van der Waals surface area contributed by atoms with Gasteiger partial charge in [-0.2, -0.15) is 0 Å². The zero-order chi connectivity index (χ0) is 15.6. The second-order valence-electron chi connectivity index (χ2n) is 5.43. The molecule has 2 N–H and O–H groups in total. The summed E-state index contributed by atoms with van der Waals surface area (Å²) in [5.41, 5.74) is -0.953. The number of carbonyl (C=O) groups is 2. The third-order valence-electron chi connectivity index (χ3n) is 4.20. The van der Waals surface area contributed by atoms with Crippen LogP contribution in [0.5, 0.6) is 0 Å². The van der Waals surface area contributed by atoms with Crippen molar-refractivity contribution in [1.29, 1.82) is 0 Å². The fourth-order valence-corrected chi connectivity index (χ4v) is 4.21. The van der Waals surface area contributed by atoms with Crippen molar-refractivity contribution in [3.05, 3.63) is 20.3 Å². The average Bonchev–Trinajstić information content (AvgIpc) is 2.78. The van der Waals surface area contributed by atoms with Crippen LogP contribution in [0.25, 0.3) is 0 Å². The van der Waals surface area contributed by atoms with Gasteiger partial charge in [-0.15, -0.1) is 11.3 Å². The van der Waals surface area contributed by atoms with E-state index in [1.807, 2.05) is 0 Å². The molecule has 116 valence electrons. The van der Waals surface area contributed by atoms with Gasteiger partial charge in [0.1, 0.15) is 9.88 Å². The predicted molar refractivity (Wildman–Crippen MR) is 84.4 cm³/mol. The summed E-state index contributed by atoms with van der Waals surface area (Å²) in [6.45, 7) is 2.10. The van der Waals surface area contributed by atoms with Crippen molar-refractivity contribution in [2.24, 2.45) is 5.92 Å². The maximum absolute atomic E-state index is 12.3. The lowest BCUT2D eigenvalue weighted by molar-refractivity contribution is -0.146. The minimum atomic E-state index is -1.19. The van der Waals surface area contributed by atoms with Crippen LogP contribution in [-0.4, -0.2) is 22.5 Å². The minimum absolute atomic E-state index is 0.241.